The largest absolute Gasteiger partial charge is 0.369 e. The van der Waals surface area contributed by atoms with Crippen LogP contribution in [0, 0.1) is 0 Å². The number of primary amides is 1. The lowest BCUT2D eigenvalue weighted by Gasteiger charge is -2.13. The average molecular weight is 344 g/mol. The molecule has 0 saturated heterocycles. The smallest absolute Gasteiger partial charge is 0.227 e. The van der Waals surface area contributed by atoms with Crippen LogP contribution in [-0.2, 0) is 4.79 Å². The lowest BCUT2D eigenvalue weighted by molar-refractivity contribution is -0.115. The predicted molar refractivity (Wildman–Crippen MR) is 93.9 cm³/mol. The highest BCUT2D eigenvalue weighted by molar-refractivity contribution is 7.99. The van der Waals surface area contributed by atoms with E-state index < -0.39 is 0 Å². The average Bonchev–Trinajstić information content (AvgIpc) is 2.98. The van der Waals surface area contributed by atoms with E-state index in [1.54, 1.807) is 6.20 Å². The molecule has 0 radical (unpaired) electrons. The van der Waals surface area contributed by atoms with Crippen molar-refractivity contribution in [1.29, 1.82) is 0 Å². The number of carbonyl (C=O) groups is 1. The van der Waals surface area contributed by atoms with Gasteiger partial charge in [-0.05, 0) is 12.1 Å². The minimum atomic E-state index is -0.384. The van der Waals surface area contributed by atoms with Crippen LogP contribution < -0.4 is 5.73 Å². The van der Waals surface area contributed by atoms with Crippen molar-refractivity contribution in [3.05, 3.63) is 65.8 Å². The van der Waals surface area contributed by atoms with Gasteiger partial charge in [0, 0.05) is 5.56 Å². The van der Waals surface area contributed by atoms with Gasteiger partial charge >= 0.3 is 0 Å². The number of imidazole rings is 1. The maximum atomic E-state index is 11.1. The third-order valence-corrected chi connectivity index (χ3v) is 4.53. The number of thioether (sulfide) groups is 1. The minimum absolute atomic E-state index is 0.162. The van der Waals surface area contributed by atoms with E-state index in [1.165, 1.54) is 11.8 Å². The Labute approximate surface area is 143 Å². The Hall–Kier alpha value is -2.24. The first-order valence-electron chi connectivity index (χ1n) is 6.96. The summed E-state index contributed by atoms with van der Waals surface area (Å²) in [5, 5.41) is 1.29. The molecule has 6 heteroatoms. The number of nitrogens with two attached hydrogens (primary N) is 1. The van der Waals surface area contributed by atoms with Gasteiger partial charge in [0.05, 0.1) is 28.4 Å². The van der Waals surface area contributed by atoms with Crippen molar-refractivity contribution >= 4 is 29.3 Å². The number of para-hydroxylation sites is 1. The van der Waals surface area contributed by atoms with E-state index in [0.717, 1.165) is 16.9 Å². The third kappa shape index (κ3) is 3.41. The Morgan fingerprint density at radius 1 is 1.13 bits per heavy atom. The molecule has 0 spiro atoms. The first kappa shape index (κ1) is 15.6. The number of aromatic nitrogens is 2. The van der Waals surface area contributed by atoms with Crippen LogP contribution in [0.1, 0.15) is 0 Å². The molecular weight excluding hydrogens is 330 g/mol. The third-order valence-electron chi connectivity index (χ3n) is 3.24. The summed E-state index contributed by atoms with van der Waals surface area (Å²) in [5.74, 6) is -0.222. The highest BCUT2D eigenvalue weighted by Crippen LogP contribution is 2.32. The fourth-order valence-electron chi connectivity index (χ4n) is 2.25. The maximum absolute atomic E-state index is 11.1. The summed E-state index contributed by atoms with van der Waals surface area (Å²) < 4.78 is 1.95. The fraction of sp³-hybridized carbons (Fsp3) is 0.0588. The van der Waals surface area contributed by atoms with E-state index in [-0.39, 0.29) is 11.7 Å². The Morgan fingerprint density at radius 2 is 1.83 bits per heavy atom. The molecule has 1 heterocycles. The lowest BCUT2D eigenvalue weighted by Crippen LogP contribution is -2.13. The molecule has 0 aliphatic rings. The summed E-state index contributed by atoms with van der Waals surface area (Å²) >= 11 is 7.65. The van der Waals surface area contributed by atoms with Gasteiger partial charge in [0.15, 0.2) is 5.16 Å². The van der Waals surface area contributed by atoms with Crippen LogP contribution in [0.4, 0.5) is 0 Å². The molecule has 23 heavy (non-hydrogen) atoms. The number of halogens is 1. The minimum Gasteiger partial charge on any atom is -0.369 e. The van der Waals surface area contributed by atoms with E-state index in [2.05, 4.69) is 4.98 Å². The first-order chi connectivity index (χ1) is 11.2. The SMILES string of the molecule is NC(=O)CSc1ncc(-c2ccccc2)n1-c1ccccc1Cl. The number of hydrogen-bond acceptors (Lipinski definition) is 3. The zero-order valence-corrected chi connectivity index (χ0v) is 13.7. The molecule has 1 amide bonds. The topological polar surface area (TPSA) is 60.9 Å². The van der Waals surface area contributed by atoms with Crippen LogP contribution in [-0.4, -0.2) is 21.2 Å². The highest BCUT2D eigenvalue weighted by atomic mass is 35.5. The van der Waals surface area contributed by atoms with E-state index in [4.69, 9.17) is 17.3 Å². The molecule has 0 bridgehead atoms. The molecule has 4 nitrogen and oxygen atoms in total. The van der Waals surface area contributed by atoms with Gasteiger partial charge in [0.1, 0.15) is 0 Å². The summed E-state index contributed by atoms with van der Waals surface area (Å²) in [4.78, 5) is 15.5. The van der Waals surface area contributed by atoms with Crippen molar-refractivity contribution in [2.24, 2.45) is 5.73 Å². The number of amides is 1. The van der Waals surface area contributed by atoms with Crippen LogP contribution in [0.15, 0.2) is 66.0 Å². The van der Waals surface area contributed by atoms with Crippen molar-refractivity contribution in [2.75, 3.05) is 5.75 Å². The molecule has 2 aromatic carbocycles. The Kier molecular flexibility index (Phi) is 4.69. The van der Waals surface area contributed by atoms with Gasteiger partial charge < -0.3 is 5.73 Å². The Bertz CT molecular complexity index is 833. The second-order valence-electron chi connectivity index (χ2n) is 4.83. The quantitative estimate of drug-likeness (QED) is 0.717. The molecule has 0 unspecified atom stereocenters. The van der Waals surface area contributed by atoms with Gasteiger partial charge in [-0.2, -0.15) is 0 Å². The van der Waals surface area contributed by atoms with Crippen molar-refractivity contribution in [2.45, 2.75) is 5.16 Å². The summed E-state index contributed by atoms with van der Waals surface area (Å²) in [6, 6.07) is 17.5. The Balaban J connectivity index is 2.14. The van der Waals surface area contributed by atoms with Gasteiger partial charge in [-0.1, -0.05) is 65.8 Å². The van der Waals surface area contributed by atoms with Gasteiger partial charge in [0.25, 0.3) is 0 Å². The van der Waals surface area contributed by atoms with Gasteiger partial charge in [-0.25, -0.2) is 4.98 Å². The van der Waals surface area contributed by atoms with Crippen molar-refractivity contribution < 1.29 is 4.79 Å². The molecule has 2 N–H and O–H groups in total. The van der Waals surface area contributed by atoms with E-state index >= 15 is 0 Å². The van der Waals surface area contributed by atoms with Crippen LogP contribution >= 0.6 is 23.4 Å². The van der Waals surface area contributed by atoms with Crippen molar-refractivity contribution in [3.8, 4) is 16.9 Å². The van der Waals surface area contributed by atoms with Gasteiger partial charge in [0.2, 0.25) is 5.91 Å². The van der Waals surface area contributed by atoms with E-state index in [1.807, 2.05) is 59.2 Å². The van der Waals surface area contributed by atoms with E-state index in [9.17, 15) is 4.79 Å². The van der Waals surface area contributed by atoms with Crippen LogP contribution in [0.3, 0.4) is 0 Å². The number of benzene rings is 2. The van der Waals surface area contributed by atoms with Crippen molar-refractivity contribution in [1.82, 2.24) is 9.55 Å². The number of rotatable bonds is 5. The molecule has 0 atom stereocenters. The monoisotopic (exact) mass is 343 g/mol. The summed E-state index contributed by atoms with van der Waals surface area (Å²) in [7, 11) is 0. The zero-order valence-electron chi connectivity index (χ0n) is 12.1. The molecule has 0 aliphatic heterocycles. The normalized spacial score (nSPS) is 10.7. The molecule has 0 fully saturated rings. The van der Waals surface area contributed by atoms with Gasteiger partial charge in [-0.15, -0.1) is 0 Å². The molecule has 0 saturated carbocycles. The van der Waals surface area contributed by atoms with Crippen molar-refractivity contribution in [3.63, 3.8) is 0 Å². The van der Waals surface area contributed by atoms with Crippen LogP contribution in [0.25, 0.3) is 16.9 Å². The Morgan fingerprint density at radius 3 is 2.52 bits per heavy atom. The summed E-state index contributed by atoms with van der Waals surface area (Å²) in [6.07, 6.45) is 1.78. The molecule has 1 aromatic heterocycles. The second kappa shape index (κ2) is 6.89. The molecule has 0 aliphatic carbocycles. The van der Waals surface area contributed by atoms with E-state index in [0.29, 0.717) is 10.2 Å². The van der Waals surface area contributed by atoms with Gasteiger partial charge in [-0.3, -0.25) is 9.36 Å². The number of carbonyl (C=O) groups excluding carboxylic acids is 1. The lowest BCUT2D eigenvalue weighted by atomic mass is 10.1. The maximum Gasteiger partial charge on any atom is 0.227 e. The predicted octanol–water partition coefficient (Wildman–Crippen LogP) is 3.77. The molecular formula is C17H14ClN3OS. The molecule has 3 rings (SSSR count). The summed E-state index contributed by atoms with van der Waals surface area (Å²) in [6.45, 7) is 0. The summed E-state index contributed by atoms with van der Waals surface area (Å²) in [5.41, 5.74) is 8.00. The second-order valence-corrected chi connectivity index (χ2v) is 6.18. The van der Waals surface area contributed by atoms with Crippen LogP contribution in [0.2, 0.25) is 5.02 Å². The number of nitrogens with zero attached hydrogens (tertiary/aromatic N) is 2. The molecule has 116 valence electrons. The molecule has 3 aromatic rings. The van der Waals surface area contributed by atoms with Crippen LogP contribution in [0.5, 0.6) is 0 Å². The fourth-order valence-corrected chi connectivity index (χ4v) is 3.20. The highest BCUT2D eigenvalue weighted by Gasteiger charge is 2.16. The first-order valence-corrected chi connectivity index (χ1v) is 8.32. The zero-order chi connectivity index (χ0) is 16.2. The number of hydrogen-bond donors (Lipinski definition) is 1. The standard InChI is InChI=1S/C17H14ClN3OS/c18-13-8-4-5-9-14(13)21-15(12-6-2-1-3-7-12)10-20-17(21)23-11-16(19)22/h1-10H,11H2,(H2,19,22).